The average Bonchev–Trinajstić information content (AvgIpc) is 3.89. The van der Waals surface area contributed by atoms with Crippen molar-refractivity contribution in [2.75, 3.05) is 4.90 Å². The molecule has 282 valence electrons. The van der Waals surface area contributed by atoms with Crippen molar-refractivity contribution >= 4 is 48.6 Å². The van der Waals surface area contributed by atoms with E-state index < -0.39 is 0 Å². The minimum atomic E-state index is 0.0852. The maximum atomic E-state index is 7.05. The third-order valence-corrected chi connectivity index (χ3v) is 17.8. The standard InChI is InChI=1S/C54H49NOS/c1-51(2)24-25-52(3,4)44-30-37(20-22-41(44)51)55(36-21-23-47-40(29-36)39-10-5-8-15-46(39)57-47)35-18-16-33(17-19-35)38-11-9-13-43-50(38)56-45-14-7-6-12-42(45)54(43)48-27-32-26-34-28-49(54)53(34,48)31-32/h5-23,29-30,32,34,48-49H,24-28,31H2,1-4H3. The maximum Gasteiger partial charge on any atom is 0.139 e. The van der Waals surface area contributed by atoms with E-state index in [0.717, 1.165) is 35.2 Å². The van der Waals surface area contributed by atoms with Crippen molar-refractivity contribution in [2.45, 2.75) is 82.5 Å². The lowest BCUT2D eigenvalue weighted by Gasteiger charge is -2.77. The molecule has 13 rings (SSSR count). The number of ether oxygens (including phenoxy) is 1. The van der Waals surface area contributed by atoms with Crippen molar-refractivity contribution in [3.8, 4) is 22.6 Å². The van der Waals surface area contributed by atoms with Gasteiger partial charge in [-0.25, -0.2) is 0 Å². The highest BCUT2D eigenvalue weighted by molar-refractivity contribution is 7.25. The summed E-state index contributed by atoms with van der Waals surface area (Å²) in [7, 11) is 0. The van der Waals surface area contributed by atoms with E-state index in [2.05, 4.69) is 160 Å². The molecule has 6 atom stereocenters. The summed E-state index contributed by atoms with van der Waals surface area (Å²) in [5.74, 6) is 5.54. The highest BCUT2D eigenvalue weighted by Crippen LogP contribution is 2.89. The molecule has 7 aromatic rings. The minimum Gasteiger partial charge on any atom is -0.456 e. The van der Waals surface area contributed by atoms with Crippen LogP contribution in [0, 0.1) is 29.1 Å². The van der Waals surface area contributed by atoms with Crippen LogP contribution in [0.4, 0.5) is 17.1 Å². The molecule has 6 unspecified atom stereocenters. The predicted molar refractivity (Wildman–Crippen MR) is 237 cm³/mol. The Bertz CT molecular complexity index is 2840. The Kier molecular flexibility index (Phi) is 6.39. The van der Waals surface area contributed by atoms with Crippen LogP contribution in [0.5, 0.6) is 11.5 Å². The zero-order valence-corrected chi connectivity index (χ0v) is 34.3. The summed E-state index contributed by atoms with van der Waals surface area (Å²) in [4.78, 5) is 2.49. The second kappa shape index (κ2) is 11.0. The highest BCUT2D eigenvalue weighted by Gasteiger charge is 2.84. The quantitative estimate of drug-likeness (QED) is 0.177. The Morgan fingerprint density at radius 2 is 1.28 bits per heavy atom. The molecule has 6 aromatic carbocycles. The highest BCUT2D eigenvalue weighted by atomic mass is 32.1. The van der Waals surface area contributed by atoms with Gasteiger partial charge in [-0.2, -0.15) is 0 Å². The van der Waals surface area contributed by atoms with Gasteiger partial charge in [-0.1, -0.05) is 100 Å². The van der Waals surface area contributed by atoms with Crippen LogP contribution >= 0.6 is 11.3 Å². The van der Waals surface area contributed by atoms with Gasteiger partial charge in [0.1, 0.15) is 11.5 Å². The fourth-order valence-electron chi connectivity index (χ4n) is 14.1. The van der Waals surface area contributed by atoms with Crippen molar-refractivity contribution in [3.05, 3.63) is 150 Å². The summed E-state index contributed by atoms with van der Waals surface area (Å²) in [6, 6.07) is 48.7. The largest absolute Gasteiger partial charge is 0.456 e. The first-order valence-corrected chi connectivity index (χ1v) is 22.4. The molecule has 1 aromatic heterocycles. The molecule has 0 radical (unpaired) electrons. The van der Waals surface area contributed by atoms with Gasteiger partial charge in [0.05, 0.1) is 0 Å². The van der Waals surface area contributed by atoms with Gasteiger partial charge in [0.15, 0.2) is 0 Å². The number of nitrogens with zero attached hydrogens (tertiary/aromatic N) is 1. The molecule has 4 saturated carbocycles. The van der Waals surface area contributed by atoms with Crippen LogP contribution in [0.3, 0.4) is 0 Å². The van der Waals surface area contributed by atoms with E-state index in [1.54, 1.807) is 0 Å². The third-order valence-electron chi connectivity index (χ3n) is 16.7. The van der Waals surface area contributed by atoms with Crippen LogP contribution in [0.1, 0.15) is 88.5 Å². The molecule has 0 N–H and O–H groups in total. The van der Waals surface area contributed by atoms with E-state index in [9.17, 15) is 0 Å². The van der Waals surface area contributed by atoms with Gasteiger partial charge in [0, 0.05) is 59.3 Å². The third kappa shape index (κ3) is 4.12. The van der Waals surface area contributed by atoms with Crippen LogP contribution in [0.15, 0.2) is 127 Å². The lowest BCUT2D eigenvalue weighted by atomic mass is 9.26. The number of anilines is 3. The summed E-state index contributed by atoms with van der Waals surface area (Å²) in [6.45, 7) is 9.71. The van der Waals surface area contributed by atoms with Gasteiger partial charge in [-0.05, 0) is 150 Å². The fourth-order valence-corrected chi connectivity index (χ4v) is 15.2. The summed E-state index contributed by atoms with van der Waals surface area (Å²) in [6.07, 6.45) is 8.13. The molecular formula is C54H49NOS. The van der Waals surface area contributed by atoms with Crippen molar-refractivity contribution < 1.29 is 4.74 Å². The van der Waals surface area contributed by atoms with Gasteiger partial charge in [-0.3, -0.25) is 0 Å². The number of rotatable bonds is 4. The fraction of sp³-hybridized carbons (Fsp3) is 0.333. The molecule has 2 heterocycles. The molecule has 4 fully saturated rings. The van der Waals surface area contributed by atoms with E-state index in [-0.39, 0.29) is 16.2 Å². The Morgan fingerprint density at radius 3 is 2.14 bits per heavy atom. The monoisotopic (exact) mass is 759 g/mol. The first-order valence-electron chi connectivity index (χ1n) is 21.5. The second-order valence-electron chi connectivity index (χ2n) is 20.0. The number of hydrogen-bond donors (Lipinski definition) is 0. The summed E-state index contributed by atoms with van der Waals surface area (Å²) in [5.41, 5.74) is 12.8. The van der Waals surface area contributed by atoms with Crippen molar-refractivity contribution in [2.24, 2.45) is 29.1 Å². The lowest BCUT2D eigenvalue weighted by Crippen LogP contribution is -2.74. The Hall–Kier alpha value is -4.86. The molecule has 1 aliphatic heterocycles. The topological polar surface area (TPSA) is 12.5 Å². The zero-order valence-electron chi connectivity index (χ0n) is 33.4. The molecule has 0 amide bonds. The predicted octanol–water partition coefficient (Wildman–Crippen LogP) is 15.0. The normalized spacial score (nSPS) is 28.8. The van der Waals surface area contributed by atoms with Crippen LogP contribution in [-0.2, 0) is 16.2 Å². The van der Waals surface area contributed by atoms with Crippen LogP contribution in [0.25, 0.3) is 31.3 Å². The molecule has 3 heteroatoms. The second-order valence-corrected chi connectivity index (χ2v) is 21.1. The molecule has 2 nitrogen and oxygen atoms in total. The molecule has 2 spiro atoms. The van der Waals surface area contributed by atoms with Gasteiger partial charge in [0.25, 0.3) is 0 Å². The number of fused-ring (bicyclic) bond motifs is 11. The molecule has 2 bridgehead atoms. The SMILES string of the molecule is CC1(C)CCC(C)(C)c2cc(N(c3ccc(-c4cccc5c4Oc4ccccc4C54C5CC6CC7CC4C75C6)cc3)c3ccc4sc5ccccc5c4c3)ccc21. The lowest BCUT2D eigenvalue weighted by molar-refractivity contribution is -0.235. The maximum absolute atomic E-state index is 7.05. The number of para-hydroxylation sites is 2. The molecular weight excluding hydrogens is 711 g/mol. The van der Waals surface area contributed by atoms with Gasteiger partial charge < -0.3 is 9.64 Å². The van der Waals surface area contributed by atoms with Gasteiger partial charge >= 0.3 is 0 Å². The molecule has 5 aliphatic carbocycles. The first kappa shape index (κ1) is 33.1. The number of hydrogen-bond acceptors (Lipinski definition) is 3. The summed E-state index contributed by atoms with van der Waals surface area (Å²) >= 11 is 1.88. The number of thiophene rings is 1. The van der Waals surface area contributed by atoms with Crippen LogP contribution < -0.4 is 9.64 Å². The van der Waals surface area contributed by atoms with E-state index in [0.29, 0.717) is 5.41 Å². The van der Waals surface area contributed by atoms with Crippen LogP contribution in [0.2, 0.25) is 0 Å². The Labute approximate surface area is 340 Å². The summed E-state index contributed by atoms with van der Waals surface area (Å²) < 4.78 is 9.72. The molecule has 6 aliphatic rings. The van der Waals surface area contributed by atoms with Gasteiger partial charge in [-0.15, -0.1) is 11.3 Å². The average molecular weight is 760 g/mol. The van der Waals surface area contributed by atoms with E-state index in [1.807, 2.05) is 11.3 Å². The smallest absolute Gasteiger partial charge is 0.139 e. The molecule has 0 saturated heterocycles. The van der Waals surface area contributed by atoms with E-state index in [1.165, 1.54) is 109 Å². The number of benzene rings is 6. The summed E-state index contributed by atoms with van der Waals surface area (Å²) in [5, 5.41) is 2.65. The molecule has 57 heavy (non-hydrogen) atoms. The Balaban J connectivity index is 0.950. The Morgan fingerprint density at radius 1 is 0.579 bits per heavy atom. The first-order chi connectivity index (χ1) is 27.7. The van der Waals surface area contributed by atoms with E-state index in [4.69, 9.17) is 4.74 Å². The minimum absolute atomic E-state index is 0.0852. The van der Waals surface area contributed by atoms with Crippen molar-refractivity contribution in [3.63, 3.8) is 0 Å². The van der Waals surface area contributed by atoms with Gasteiger partial charge in [0.2, 0.25) is 0 Å². The van der Waals surface area contributed by atoms with Crippen LogP contribution in [-0.4, -0.2) is 0 Å². The van der Waals surface area contributed by atoms with E-state index >= 15 is 0 Å². The zero-order chi connectivity index (χ0) is 38.1. The van der Waals surface area contributed by atoms with Crippen molar-refractivity contribution in [1.82, 2.24) is 0 Å². The van der Waals surface area contributed by atoms with Crippen molar-refractivity contribution in [1.29, 1.82) is 0 Å².